The maximum absolute atomic E-state index is 12.1. The maximum Gasteiger partial charge on any atom is 0.243 e. The third-order valence-electron chi connectivity index (χ3n) is 4.15. The molecule has 0 amide bonds. The summed E-state index contributed by atoms with van der Waals surface area (Å²) in [4.78, 5) is 4.54. The first-order chi connectivity index (χ1) is 11.0. The Labute approximate surface area is 139 Å². The molecule has 8 heteroatoms. The predicted molar refractivity (Wildman–Crippen MR) is 90.9 cm³/mol. The van der Waals surface area contributed by atoms with Gasteiger partial charge in [0, 0.05) is 19.1 Å². The summed E-state index contributed by atoms with van der Waals surface area (Å²) in [5, 5.41) is 11.7. The van der Waals surface area contributed by atoms with Crippen LogP contribution in [0, 0.1) is 0 Å². The number of hydrogen-bond acceptors (Lipinski definition) is 6. The highest BCUT2D eigenvalue weighted by atomic mass is 32.2. The molecule has 7 nitrogen and oxygen atoms in total. The standard InChI is InChI=1S/C15H27N5O2S/c1-4-11-23(21,22)20-9-7-12(8-10-20)16-15-17-13(5-2)14(6-3)18-19-15/h12H,4-11H2,1-3H3,(H,16,17,19). The molecule has 1 aromatic rings. The van der Waals surface area contributed by atoms with Gasteiger partial charge in [-0.2, -0.15) is 5.10 Å². The van der Waals surface area contributed by atoms with Crippen molar-refractivity contribution in [2.24, 2.45) is 0 Å². The summed E-state index contributed by atoms with van der Waals surface area (Å²) in [6, 6.07) is 0.196. The second kappa shape index (κ2) is 8.01. The topological polar surface area (TPSA) is 88.1 Å². The Morgan fingerprint density at radius 1 is 1.09 bits per heavy atom. The Morgan fingerprint density at radius 2 is 1.74 bits per heavy atom. The largest absolute Gasteiger partial charge is 0.350 e. The minimum Gasteiger partial charge on any atom is -0.350 e. The quantitative estimate of drug-likeness (QED) is 0.811. The smallest absolute Gasteiger partial charge is 0.243 e. The number of aromatic nitrogens is 3. The van der Waals surface area contributed by atoms with Crippen molar-refractivity contribution in [2.45, 2.75) is 58.9 Å². The highest BCUT2D eigenvalue weighted by Crippen LogP contribution is 2.18. The van der Waals surface area contributed by atoms with Gasteiger partial charge in [0.15, 0.2) is 0 Å². The Hall–Kier alpha value is -1.28. The van der Waals surface area contributed by atoms with Crippen molar-refractivity contribution in [3.63, 3.8) is 0 Å². The van der Waals surface area contributed by atoms with Gasteiger partial charge in [-0.15, -0.1) is 5.10 Å². The molecular formula is C15H27N5O2S. The van der Waals surface area contributed by atoms with Crippen molar-refractivity contribution in [1.29, 1.82) is 0 Å². The van der Waals surface area contributed by atoms with Crippen LogP contribution in [-0.4, -0.2) is 52.8 Å². The zero-order chi connectivity index (χ0) is 16.9. The van der Waals surface area contributed by atoms with Gasteiger partial charge < -0.3 is 5.32 Å². The summed E-state index contributed by atoms with van der Waals surface area (Å²) in [5.41, 5.74) is 1.92. The van der Waals surface area contributed by atoms with Gasteiger partial charge in [0.2, 0.25) is 16.0 Å². The fourth-order valence-corrected chi connectivity index (χ4v) is 4.39. The summed E-state index contributed by atoms with van der Waals surface area (Å²) < 4.78 is 25.8. The van der Waals surface area contributed by atoms with Gasteiger partial charge in [0.25, 0.3) is 0 Å². The van der Waals surface area contributed by atoms with Gasteiger partial charge in [0.05, 0.1) is 17.1 Å². The molecule has 0 spiro atoms. The summed E-state index contributed by atoms with van der Waals surface area (Å²) in [5.74, 6) is 0.783. The Kier molecular flexibility index (Phi) is 6.29. The lowest BCUT2D eigenvalue weighted by Gasteiger charge is -2.31. The van der Waals surface area contributed by atoms with Crippen molar-refractivity contribution in [1.82, 2.24) is 19.5 Å². The van der Waals surface area contributed by atoms with Crippen LogP contribution >= 0.6 is 0 Å². The second-order valence-electron chi connectivity index (χ2n) is 5.87. The summed E-state index contributed by atoms with van der Waals surface area (Å²) >= 11 is 0. The molecule has 0 bridgehead atoms. The molecule has 0 unspecified atom stereocenters. The molecule has 130 valence electrons. The molecule has 0 radical (unpaired) electrons. The molecule has 0 atom stereocenters. The van der Waals surface area contributed by atoms with Crippen molar-refractivity contribution >= 4 is 16.0 Å². The minimum absolute atomic E-state index is 0.196. The molecular weight excluding hydrogens is 314 g/mol. The molecule has 1 N–H and O–H groups in total. The Bertz CT molecular complexity index is 612. The van der Waals surface area contributed by atoms with Gasteiger partial charge in [-0.05, 0) is 32.1 Å². The van der Waals surface area contributed by atoms with Crippen LogP contribution in [0.4, 0.5) is 5.95 Å². The minimum atomic E-state index is -3.09. The molecule has 1 fully saturated rings. The van der Waals surface area contributed by atoms with Gasteiger partial charge in [0.1, 0.15) is 0 Å². The van der Waals surface area contributed by atoms with Crippen LogP contribution in [0.15, 0.2) is 0 Å². The fourth-order valence-electron chi connectivity index (χ4n) is 2.85. The first-order valence-electron chi connectivity index (χ1n) is 8.47. The van der Waals surface area contributed by atoms with Gasteiger partial charge in [-0.1, -0.05) is 20.8 Å². The zero-order valence-corrected chi connectivity index (χ0v) is 15.1. The summed E-state index contributed by atoms with van der Waals surface area (Å²) in [6.07, 6.45) is 3.86. The van der Waals surface area contributed by atoms with Crippen LogP contribution in [0.1, 0.15) is 51.4 Å². The van der Waals surface area contributed by atoms with Crippen LogP contribution in [0.25, 0.3) is 0 Å². The highest BCUT2D eigenvalue weighted by molar-refractivity contribution is 7.89. The fraction of sp³-hybridized carbons (Fsp3) is 0.800. The number of aryl methyl sites for hydroxylation is 2. The van der Waals surface area contributed by atoms with Crippen LogP contribution < -0.4 is 5.32 Å². The molecule has 0 aliphatic carbocycles. The van der Waals surface area contributed by atoms with Gasteiger partial charge in [-0.3, -0.25) is 0 Å². The van der Waals surface area contributed by atoms with Crippen LogP contribution in [-0.2, 0) is 22.9 Å². The van der Waals surface area contributed by atoms with E-state index in [2.05, 4.69) is 27.4 Å². The van der Waals surface area contributed by atoms with E-state index in [4.69, 9.17) is 0 Å². The van der Waals surface area contributed by atoms with Crippen molar-refractivity contribution < 1.29 is 8.42 Å². The third kappa shape index (κ3) is 4.60. The lowest BCUT2D eigenvalue weighted by molar-refractivity contribution is 0.329. The van der Waals surface area contributed by atoms with E-state index in [1.54, 1.807) is 4.31 Å². The van der Waals surface area contributed by atoms with Gasteiger partial charge in [-0.25, -0.2) is 17.7 Å². The van der Waals surface area contributed by atoms with E-state index in [9.17, 15) is 8.42 Å². The first-order valence-corrected chi connectivity index (χ1v) is 10.1. The van der Waals surface area contributed by atoms with E-state index < -0.39 is 10.0 Å². The number of rotatable bonds is 7. The number of sulfonamides is 1. The van der Waals surface area contributed by atoms with Crippen molar-refractivity contribution in [3.05, 3.63) is 11.4 Å². The van der Waals surface area contributed by atoms with Crippen LogP contribution in [0.3, 0.4) is 0 Å². The molecule has 0 saturated carbocycles. The number of anilines is 1. The number of nitrogens with one attached hydrogen (secondary N) is 1. The molecule has 1 saturated heterocycles. The zero-order valence-electron chi connectivity index (χ0n) is 14.2. The van der Waals surface area contributed by atoms with Gasteiger partial charge >= 0.3 is 0 Å². The normalized spacial score (nSPS) is 17.3. The second-order valence-corrected chi connectivity index (χ2v) is 7.96. The molecule has 1 aromatic heterocycles. The molecule has 23 heavy (non-hydrogen) atoms. The summed E-state index contributed by atoms with van der Waals surface area (Å²) in [7, 11) is -3.09. The highest BCUT2D eigenvalue weighted by Gasteiger charge is 2.27. The van der Waals surface area contributed by atoms with E-state index in [0.717, 1.165) is 37.1 Å². The number of nitrogens with zero attached hydrogens (tertiary/aromatic N) is 4. The van der Waals surface area contributed by atoms with E-state index >= 15 is 0 Å². The molecule has 1 aliphatic rings. The SMILES string of the molecule is CCCS(=O)(=O)N1CCC(Nc2nnc(CC)c(CC)n2)CC1. The predicted octanol–water partition coefficient (Wildman–Crippen LogP) is 1.61. The summed E-state index contributed by atoms with van der Waals surface area (Å²) in [6.45, 7) is 7.11. The average Bonchev–Trinajstić information content (AvgIpc) is 2.55. The van der Waals surface area contributed by atoms with E-state index in [-0.39, 0.29) is 11.8 Å². The number of piperidine rings is 1. The first kappa shape index (κ1) is 18.1. The van der Waals surface area contributed by atoms with Crippen molar-refractivity contribution in [2.75, 3.05) is 24.2 Å². The molecule has 2 rings (SSSR count). The van der Waals surface area contributed by atoms with E-state index in [1.165, 1.54) is 0 Å². The maximum atomic E-state index is 12.1. The molecule has 0 aromatic carbocycles. The number of hydrogen-bond donors (Lipinski definition) is 1. The lowest BCUT2D eigenvalue weighted by atomic mass is 10.1. The van der Waals surface area contributed by atoms with E-state index in [1.807, 2.05) is 13.8 Å². The van der Waals surface area contributed by atoms with Crippen LogP contribution in [0.2, 0.25) is 0 Å². The van der Waals surface area contributed by atoms with Crippen LogP contribution in [0.5, 0.6) is 0 Å². The van der Waals surface area contributed by atoms with Crippen molar-refractivity contribution in [3.8, 4) is 0 Å². The Morgan fingerprint density at radius 3 is 2.30 bits per heavy atom. The average molecular weight is 341 g/mol. The van der Waals surface area contributed by atoms with E-state index in [0.29, 0.717) is 25.5 Å². The molecule has 1 aliphatic heterocycles. The lowest BCUT2D eigenvalue weighted by Crippen LogP contribution is -2.43. The third-order valence-corrected chi connectivity index (χ3v) is 6.23. The molecule has 2 heterocycles. The Balaban J connectivity index is 1.94. The monoisotopic (exact) mass is 341 g/mol.